The third-order valence-corrected chi connectivity index (χ3v) is 3.88. The van der Waals surface area contributed by atoms with Crippen LogP contribution in [0.2, 0.25) is 5.02 Å². The van der Waals surface area contributed by atoms with Gasteiger partial charge in [0.05, 0.1) is 7.11 Å². The summed E-state index contributed by atoms with van der Waals surface area (Å²) in [7, 11) is 3.20. The van der Waals surface area contributed by atoms with E-state index in [9.17, 15) is 4.79 Å². The third kappa shape index (κ3) is 12.0. The molecule has 0 fully saturated rings. The second kappa shape index (κ2) is 15.3. The minimum Gasteiger partial charge on any atom is -0.469 e. The second-order valence-electron chi connectivity index (χ2n) is 5.55. The fourth-order valence-electron chi connectivity index (χ4n) is 2.30. The number of hydrogen-bond donors (Lipinski definition) is 2. The van der Waals surface area contributed by atoms with Crippen molar-refractivity contribution in [2.75, 3.05) is 27.2 Å². The number of nitrogens with zero attached hydrogens (tertiary/aromatic N) is 1. The molecule has 0 aromatic heterocycles. The van der Waals surface area contributed by atoms with Crippen LogP contribution >= 0.6 is 35.6 Å². The predicted octanol–water partition coefficient (Wildman–Crippen LogP) is 3.79. The summed E-state index contributed by atoms with van der Waals surface area (Å²) in [5, 5.41) is 7.36. The van der Waals surface area contributed by atoms with Crippen LogP contribution in [-0.4, -0.2) is 39.2 Å². The summed E-state index contributed by atoms with van der Waals surface area (Å²) in [5.74, 6) is 0.684. The Labute approximate surface area is 173 Å². The van der Waals surface area contributed by atoms with Crippen LogP contribution in [0.1, 0.15) is 37.7 Å². The Balaban J connectivity index is 0.00000576. The molecule has 0 saturated heterocycles. The van der Waals surface area contributed by atoms with Gasteiger partial charge in [-0.2, -0.15) is 0 Å². The Bertz CT molecular complexity index is 527. The molecule has 0 radical (unpaired) electrons. The number of aliphatic imine (C=N–C) groups is 1. The van der Waals surface area contributed by atoms with Gasteiger partial charge in [-0.25, -0.2) is 0 Å². The standard InChI is InChI=1S/C18H28ClN3O2.HI/c1-20-18(21-12-6-4-3-5-10-17(23)24-2)22-13-11-15-8-7-9-16(19)14-15;/h7-9,14H,3-6,10-13H2,1-2H3,(H2,20,21,22);1H. The number of rotatable bonds is 10. The van der Waals surface area contributed by atoms with Gasteiger partial charge in [-0.1, -0.05) is 36.6 Å². The predicted molar refractivity (Wildman–Crippen MR) is 115 cm³/mol. The number of hydrogen-bond acceptors (Lipinski definition) is 3. The highest BCUT2D eigenvalue weighted by molar-refractivity contribution is 14.0. The van der Waals surface area contributed by atoms with Crippen LogP contribution < -0.4 is 10.6 Å². The van der Waals surface area contributed by atoms with E-state index in [2.05, 4.69) is 26.4 Å². The van der Waals surface area contributed by atoms with Crippen molar-refractivity contribution in [3.63, 3.8) is 0 Å². The number of guanidine groups is 1. The normalized spacial score (nSPS) is 10.8. The molecule has 0 aliphatic heterocycles. The Kier molecular flexibility index (Phi) is 14.6. The average molecular weight is 482 g/mol. The molecule has 0 aliphatic carbocycles. The van der Waals surface area contributed by atoms with Gasteiger partial charge in [0.2, 0.25) is 0 Å². The van der Waals surface area contributed by atoms with Crippen LogP contribution in [0.5, 0.6) is 0 Å². The molecular formula is C18H29ClIN3O2. The van der Waals surface area contributed by atoms with E-state index >= 15 is 0 Å². The Morgan fingerprint density at radius 1 is 1.16 bits per heavy atom. The number of esters is 1. The highest BCUT2D eigenvalue weighted by atomic mass is 127. The highest BCUT2D eigenvalue weighted by Crippen LogP contribution is 2.10. The first kappa shape index (κ1) is 24.0. The number of benzene rings is 1. The lowest BCUT2D eigenvalue weighted by molar-refractivity contribution is -0.140. The maximum atomic E-state index is 11.0. The van der Waals surface area contributed by atoms with Crippen LogP contribution in [0.15, 0.2) is 29.3 Å². The van der Waals surface area contributed by atoms with E-state index in [1.165, 1.54) is 12.7 Å². The molecule has 0 saturated carbocycles. The zero-order valence-corrected chi connectivity index (χ0v) is 18.1. The van der Waals surface area contributed by atoms with Crippen LogP contribution in [0.4, 0.5) is 0 Å². The van der Waals surface area contributed by atoms with Crippen LogP contribution in [0.25, 0.3) is 0 Å². The number of carbonyl (C=O) groups excluding carboxylic acids is 1. The molecule has 142 valence electrons. The molecule has 1 rings (SSSR count). The van der Waals surface area contributed by atoms with E-state index < -0.39 is 0 Å². The molecule has 0 amide bonds. The van der Waals surface area contributed by atoms with E-state index in [1.54, 1.807) is 7.05 Å². The average Bonchev–Trinajstić information content (AvgIpc) is 2.59. The molecule has 5 nitrogen and oxygen atoms in total. The number of methoxy groups -OCH3 is 1. The molecule has 1 aromatic carbocycles. The van der Waals surface area contributed by atoms with E-state index in [4.69, 9.17) is 11.6 Å². The summed E-state index contributed by atoms with van der Waals surface area (Å²) >= 11 is 5.98. The fraction of sp³-hybridized carbons (Fsp3) is 0.556. The van der Waals surface area contributed by atoms with Crippen LogP contribution in [0.3, 0.4) is 0 Å². The lowest BCUT2D eigenvalue weighted by Crippen LogP contribution is -2.38. The molecule has 0 spiro atoms. The molecule has 7 heteroatoms. The first-order chi connectivity index (χ1) is 11.7. The topological polar surface area (TPSA) is 62.7 Å². The van der Waals surface area contributed by atoms with Crippen molar-refractivity contribution in [1.29, 1.82) is 0 Å². The van der Waals surface area contributed by atoms with E-state index in [0.717, 1.165) is 56.2 Å². The lowest BCUT2D eigenvalue weighted by atomic mass is 10.1. The Hall–Kier alpha value is -1.02. The minimum atomic E-state index is -0.127. The number of nitrogens with one attached hydrogen (secondary N) is 2. The van der Waals surface area contributed by atoms with Gasteiger partial charge in [-0.05, 0) is 37.0 Å². The number of halogens is 2. The molecule has 1 aromatic rings. The van der Waals surface area contributed by atoms with Gasteiger partial charge in [0, 0.05) is 31.6 Å². The largest absolute Gasteiger partial charge is 0.469 e. The van der Waals surface area contributed by atoms with Gasteiger partial charge < -0.3 is 15.4 Å². The first-order valence-electron chi connectivity index (χ1n) is 8.41. The fourth-order valence-corrected chi connectivity index (χ4v) is 2.51. The van der Waals surface area contributed by atoms with Crippen molar-refractivity contribution in [2.24, 2.45) is 4.99 Å². The van der Waals surface area contributed by atoms with Crippen molar-refractivity contribution in [2.45, 2.75) is 38.5 Å². The van der Waals surface area contributed by atoms with Crippen molar-refractivity contribution in [3.8, 4) is 0 Å². The summed E-state index contributed by atoms with van der Waals surface area (Å²) in [4.78, 5) is 15.2. The van der Waals surface area contributed by atoms with Crippen molar-refractivity contribution >= 4 is 47.5 Å². The third-order valence-electron chi connectivity index (χ3n) is 3.65. The van der Waals surface area contributed by atoms with Gasteiger partial charge in [-0.15, -0.1) is 24.0 Å². The summed E-state index contributed by atoms with van der Waals surface area (Å²) in [6.45, 7) is 1.67. The molecule has 0 unspecified atom stereocenters. The van der Waals surface area contributed by atoms with Gasteiger partial charge >= 0.3 is 5.97 Å². The number of ether oxygens (including phenoxy) is 1. The Morgan fingerprint density at radius 3 is 2.56 bits per heavy atom. The smallest absolute Gasteiger partial charge is 0.305 e. The maximum absolute atomic E-state index is 11.0. The molecule has 0 atom stereocenters. The summed E-state index contributed by atoms with van der Waals surface area (Å²) < 4.78 is 4.62. The van der Waals surface area contributed by atoms with Crippen molar-refractivity contribution < 1.29 is 9.53 Å². The van der Waals surface area contributed by atoms with E-state index in [1.807, 2.05) is 18.2 Å². The zero-order chi connectivity index (χ0) is 17.6. The monoisotopic (exact) mass is 481 g/mol. The summed E-state index contributed by atoms with van der Waals surface area (Å²) in [5.41, 5.74) is 1.20. The first-order valence-corrected chi connectivity index (χ1v) is 8.79. The van der Waals surface area contributed by atoms with E-state index in [0.29, 0.717) is 6.42 Å². The van der Waals surface area contributed by atoms with Crippen molar-refractivity contribution in [1.82, 2.24) is 10.6 Å². The van der Waals surface area contributed by atoms with Gasteiger partial charge in [0.25, 0.3) is 0 Å². The number of carbonyl (C=O) groups is 1. The second-order valence-corrected chi connectivity index (χ2v) is 5.98. The zero-order valence-electron chi connectivity index (χ0n) is 15.0. The minimum absolute atomic E-state index is 0. The molecule has 25 heavy (non-hydrogen) atoms. The van der Waals surface area contributed by atoms with E-state index in [-0.39, 0.29) is 29.9 Å². The van der Waals surface area contributed by atoms with Crippen LogP contribution in [0, 0.1) is 0 Å². The highest BCUT2D eigenvalue weighted by Gasteiger charge is 2.00. The van der Waals surface area contributed by atoms with Gasteiger partial charge in [0.1, 0.15) is 0 Å². The van der Waals surface area contributed by atoms with Gasteiger partial charge in [-0.3, -0.25) is 9.79 Å². The molecule has 0 aliphatic rings. The SMILES string of the molecule is CN=C(NCCCCCCC(=O)OC)NCCc1cccc(Cl)c1.I. The maximum Gasteiger partial charge on any atom is 0.305 e. The number of unbranched alkanes of at least 4 members (excludes halogenated alkanes) is 3. The van der Waals surface area contributed by atoms with Gasteiger partial charge in [0.15, 0.2) is 5.96 Å². The quantitative estimate of drug-likeness (QED) is 0.175. The van der Waals surface area contributed by atoms with Crippen molar-refractivity contribution in [3.05, 3.63) is 34.9 Å². The summed E-state index contributed by atoms with van der Waals surface area (Å²) in [6, 6.07) is 7.89. The Morgan fingerprint density at radius 2 is 1.88 bits per heavy atom. The van der Waals surface area contributed by atoms with Crippen LogP contribution in [-0.2, 0) is 16.0 Å². The molecule has 0 heterocycles. The lowest BCUT2D eigenvalue weighted by Gasteiger charge is -2.12. The molecule has 2 N–H and O–H groups in total. The summed E-state index contributed by atoms with van der Waals surface area (Å²) in [6.07, 6.45) is 5.47. The molecule has 0 bridgehead atoms. The molecular weight excluding hydrogens is 453 g/mol.